The van der Waals surface area contributed by atoms with E-state index < -0.39 is 0 Å². The van der Waals surface area contributed by atoms with Gasteiger partial charge in [-0.3, -0.25) is 4.90 Å². The molecule has 0 bridgehead atoms. The number of nitrogens with zero attached hydrogens (tertiary/aromatic N) is 1. The summed E-state index contributed by atoms with van der Waals surface area (Å²) in [4.78, 5) is 2.45. The zero-order chi connectivity index (χ0) is 12.1. The monoisotopic (exact) mass is 298 g/mol. The summed E-state index contributed by atoms with van der Waals surface area (Å²) in [6.45, 7) is 4.40. The molecule has 1 fully saturated rings. The second-order valence-corrected chi connectivity index (χ2v) is 5.19. The summed E-state index contributed by atoms with van der Waals surface area (Å²) in [7, 11) is 0. The molecule has 0 saturated carbocycles. The quantitative estimate of drug-likeness (QED) is 0.889. The number of aliphatic hydroxyl groups excluding tert-OH is 1. The van der Waals surface area contributed by atoms with Gasteiger partial charge in [0.2, 0.25) is 0 Å². The van der Waals surface area contributed by atoms with Crippen molar-refractivity contribution in [2.45, 2.75) is 12.5 Å². The smallest absolute Gasteiger partial charge is 0.0449 e. The molecule has 2 rings (SSSR count). The van der Waals surface area contributed by atoms with Crippen LogP contribution in [0.2, 0.25) is 0 Å². The standard InChI is InChI=1S/C13H19BrN2O/c14-12-4-2-1-3-11(12)13(5-10-17)16-8-6-15-7-9-16/h1-4,13,15,17H,5-10H2/t13-/m0/s1. The van der Waals surface area contributed by atoms with Crippen LogP contribution in [0.15, 0.2) is 28.7 Å². The third kappa shape index (κ3) is 3.28. The third-order valence-corrected chi connectivity index (χ3v) is 3.98. The maximum atomic E-state index is 9.26. The lowest BCUT2D eigenvalue weighted by molar-refractivity contribution is 0.140. The van der Waals surface area contributed by atoms with Crippen molar-refractivity contribution >= 4 is 15.9 Å². The minimum Gasteiger partial charge on any atom is -0.396 e. The van der Waals surface area contributed by atoms with E-state index >= 15 is 0 Å². The minimum atomic E-state index is 0.232. The number of benzene rings is 1. The number of hydrogen-bond donors (Lipinski definition) is 2. The summed E-state index contributed by atoms with van der Waals surface area (Å²) in [5.41, 5.74) is 1.28. The lowest BCUT2D eigenvalue weighted by Crippen LogP contribution is -2.45. The van der Waals surface area contributed by atoms with Gasteiger partial charge >= 0.3 is 0 Å². The molecule has 1 atom stereocenters. The van der Waals surface area contributed by atoms with Crippen molar-refractivity contribution < 1.29 is 5.11 Å². The lowest BCUT2D eigenvalue weighted by atomic mass is 10.0. The highest BCUT2D eigenvalue weighted by Gasteiger charge is 2.22. The highest BCUT2D eigenvalue weighted by molar-refractivity contribution is 9.10. The molecule has 0 amide bonds. The van der Waals surface area contributed by atoms with E-state index in [0.29, 0.717) is 6.04 Å². The molecule has 1 aliphatic rings. The molecule has 2 N–H and O–H groups in total. The van der Waals surface area contributed by atoms with E-state index in [1.54, 1.807) is 0 Å². The number of piperazine rings is 1. The number of rotatable bonds is 4. The Hall–Kier alpha value is -0.420. The highest BCUT2D eigenvalue weighted by atomic mass is 79.9. The number of aliphatic hydroxyl groups is 1. The Morgan fingerprint density at radius 2 is 2.00 bits per heavy atom. The van der Waals surface area contributed by atoms with Gasteiger partial charge < -0.3 is 10.4 Å². The molecule has 0 aromatic heterocycles. The maximum absolute atomic E-state index is 9.26. The van der Waals surface area contributed by atoms with Crippen LogP contribution in [0.1, 0.15) is 18.0 Å². The number of halogens is 1. The minimum absolute atomic E-state index is 0.232. The van der Waals surface area contributed by atoms with Crippen LogP contribution in [-0.4, -0.2) is 42.8 Å². The summed E-state index contributed by atoms with van der Waals surface area (Å²) >= 11 is 3.61. The molecular weight excluding hydrogens is 280 g/mol. The van der Waals surface area contributed by atoms with Gasteiger partial charge in [-0.1, -0.05) is 34.1 Å². The first kappa shape index (κ1) is 13.0. The van der Waals surface area contributed by atoms with Crippen LogP contribution >= 0.6 is 15.9 Å². The van der Waals surface area contributed by atoms with E-state index in [-0.39, 0.29) is 6.61 Å². The van der Waals surface area contributed by atoms with E-state index in [9.17, 15) is 5.11 Å². The topological polar surface area (TPSA) is 35.5 Å². The SMILES string of the molecule is OCC[C@@H](c1ccccc1Br)N1CCNCC1. The van der Waals surface area contributed by atoms with Crippen molar-refractivity contribution in [3.05, 3.63) is 34.3 Å². The van der Waals surface area contributed by atoms with Crippen LogP contribution in [-0.2, 0) is 0 Å². The lowest BCUT2D eigenvalue weighted by Gasteiger charge is -2.35. The molecule has 0 aliphatic carbocycles. The largest absolute Gasteiger partial charge is 0.396 e. The molecule has 1 aromatic carbocycles. The van der Waals surface area contributed by atoms with E-state index in [1.165, 1.54) is 5.56 Å². The zero-order valence-corrected chi connectivity index (χ0v) is 11.5. The van der Waals surface area contributed by atoms with Gasteiger partial charge in [0.1, 0.15) is 0 Å². The second kappa shape index (κ2) is 6.50. The Balaban J connectivity index is 2.18. The molecule has 0 spiro atoms. The first-order valence-corrected chi connectivity index (χ1v) is 6.92. The van der Waals surface area contributed by atoms with Gasteiger partial charge in [0.25, 0.3) is 0 Å². The predicted molar refractivity (Wildman–Crippen MR) is 73.0 cm³/mol. The Kier molecular flexibility index (Phi) is 4.98. The van der Waals surface area contributed by atoms with Crippen molar-refractivity contribution in [3.63, 3.8) is 0 Å². The fourth-order valence-corrected chi connectivity index (χ4v) is 2.95. The Labute approximate surface area is 111 Å². The van der Waals surface area contributed by atoms with Gasteiger partial charge in [-0.25, -0.2) is 0 Å². The van der Waals surface area contributed by atoms with Gasteiger partial charge in [0.15, 0.2) is 0 Å². The van der Waals surface area contributed by atoms with Crippen LogP contribution < -0.4 is 5.32 Å². The van der Waals surface area contributed by atoms with E-state index in [0.717, 1.165) is 37.1 Å². The van der Waals surface area contributed by atoms with Crippen molar-refractivity contribution in [1.82, 2.24) is 10.2 Å². The summed E-state index contributed by atoms with van der Waals surface area (Å²) in [6, 6.07) is 8.63. The first-order chi connectivity index (χ1) is 8.33. The number of nitrogens with one attached hydrogen (secondary N) is 1. The maximum Gasteiger partial charge on any atom is 0.0449 e. The molecule has 1 heterocycles. The fourth-order valence-electron chi connectivity index (χ4n) is 2.40. The Morgan fingerprint density at radius 3 is 2.65 bits per heavy atom. The molecule has 0 unspecified atom stereocenters. The molecule has 1 saturated heterocycles. The summed E-state index contributed by atoms with van der Waals surface area (Å²) in [5, 5.41) is 12.6. The fraction of sp³-hybridized carbons (Fsp3) is 0.538. The molecule has 4 heteroatoms. The summed E-state index contributed by atoms with van der Waals surface area (Å²) in [5.74, 6) is 0. The van der Waals surface area contributed by atoms with Gasteiger partial charge in [0, 0.05) is 43.3 Å². The van der Waals surface area contributed by atoms with Crippen molar-refractivity contribution in [2.24, 2.45) is 0 Å². The molecule has 17 heavy (non-hydrogen) atoms. The third-order valence-electron chi connectivity index (χ3n) is 3.26. The van der Waals surface area contributed by atoms with Crippen LogP contribution in [0.25, 0.3) is 0 Å². The Morgan fingerprint density at radius 1 is 1.29 bits per heavy atom. The molecular formula is C13H19BrN2O. The van der Waals surface area contributed by atoms with Crippen molar-refractivity contribution in [1.29, 1.82) is 0 Å². The van der Waals surface area contributed by atoms with Gasteiger partial charge in [-0.05, 0) is 18.1 Å². The van der Waals surface area contributed by atoms with Gasteiger partial charge in [-0.2, -0.15) is 0 Å². The molecule has 1 aliphatic heterocycles. The van der Waals surface area contributed by atoms with Crippen molar-refractivity contribution in [3.8, 4) is 0 Å². The van der Waals surface area contributed by atoms with Crippen molar-refractivity contribution in [2.75, 3.05) is 32.8 Å². The average molecular weight is 299 g/mol. The Bertz CT molecular complexity index is 353. The molecule has 1 aromatic rings. The highest BCUT2D eigenvalue weighted by Crippen LogP contribution is 2.30. The molecule has 0 radical (unpaired) electrons. The second-order valence-electron chi connectivity index (χ2n) is 4.34. The normalized spacial score (nSPS) is 19.2. The summed E-state index contributed by atoms with van der Waals surface area (Å²) in [6.07, 6.45) is 0.794. The van der Waals surface area contributed by atoms with Gasteiger partial charge in [-0.15, -0.1) is 0 Å². The zero-order valence-electron chi connectivity index (χ0n) is 9.90. The number of hydrogen-bond acceptors (Lipinski definition) is 3. The van der Waals surface area contributed by atoms with E-state index in [4.69, 9.17) is 0 Å². The van der Waals surface area contributed by atoms with Crippen LogP contribution in [0, 0.1) is 0 Å². The van der Waals surface area contributed by atoms with E-state index in [2.05, 4.69) is 44.3 Å². The van der Waals surface area contributed by atoms with E-state index in [1.807, 2.05) is 6.07 Å². The molecule has 94 valence electrons. The average Bonchev–Trinajstić information content (AvgIpc) is 2.38. The first-order valence-electron chi connectivity index (χ1n) is 6.13. The van der Waals surface area contributed by atoms with Crippen LogP contribution in [0.3, 0.4) is 0 Å². The van der Waals surface area contributed by atoms with Gasteiger partial charge in [0.05, 0.1) is 0 Å². The van der Waals surface area contributed by atoms with Crippen LogP contribution in [0.5, 0.6) is 0 Å². The summed E-state index contributed by atoms with van der Waals surface area (Å²) < 4.78 is 1.14. The predicted octanol–water partition coefficient (Wildman–Crippen LogP) is 1.78. The van der Waals surface area contributed by atoms with Crippen LogP contribution in [0.4, 0.5) is 0 Å². The molecule has 3 nitrogen and oxygen atoms in total.